The van der Waals surface area contributed by atoms with Crippen LogP contribution >= 0.6 is 23.2 Å². The fourth-order valence-electron chi connectivity index (χ4n) is 0.399. The van der Waals surface area contributed by atoms with E-state index in [9.17, 15) is 22.8 Å². The number of esters is 1. The molecule has 0 radical (unpaired) electrons. The minimum absolute atomic E-state index is 0.755. The maximum absolute atomic E-state index is 11.7. The Hall–Kier alpha value is -0.490. The van der Waals surface area contributed by atoms with Crippen LogP contribution < -0.4 is 0 Å². The van der Waals surface area contributed by atoms with Gasteiger partial charge in [-0.3, -0.25) is 4.79 Å². The van der Waals surface area contributed by atoms with Crippen molar-refractivity contribution in [3.8, 4) is 0 Å². The average molecular weight is 239 g/mol. The molecule has 0 aliphatic rings. The Bertz CT molecular complexity index is 236. The molecule has 0 amide bonds. The fourth-order valence-corrected chi connectivity index (χ4v) is 0.767. The van der Waals surface area contributed by atoms with Gasteiger partial charge in [0, 0.05) is 0 Å². The molecule has 13 heavy (non-hydrogen) atoms. The molecule has 0 unspecified atom stereocenters. The van der Waals surface area contributed by atoms with Crippen LogP contribution in [0.1, 0.15) is 0 Å². The lowest BCUT2D eigenvalue weighted by Gasteiger charge is -2.16. The third kappa shape index (κ3) is 2.73. The van der Waals surface area contributed by atoms with Gasteiger partial charge in [-0.2, -0.15) is 13.2 Å². The summed E-state index contributed by atoms with van der Waals surface area (Å²) in [5, 5.41) is 0. The van der Waals surface area contributed by atoms with E-state index >= 15 is 0 Å². The van der Waals surface area contributed by atoms with E-state index in [1.165, 1.54) is 0 Å². The summed E-state index contributed by atoms with van der Waals surface area (Å²) < 4.78 is 35.7. The number of alkyl halides is 5. The number of halogens is 5. The summed E-state index contributed by atoms with van der Waals surface area (Å²) in [4.78, 5) is 20.9. The third-order valence-corrected chi connectivity index (χ3v) is 1.64. The lowest BCUT2D eigenvalue weighted by molar-refractivity contribution is -0.175. The van der Waals surface area contributed by atoms with Crippen molar-refractivity contribution in [2.45, 2.75) is 10.5 Å². The molecule has 0 aliphatic heterocycles. The summed E-state index contributed by atoms with van der Waals surface area (Å²) >= 11 is 9.69. The van der Waals surface area contributed by atoms with E-state index in [2.05, 4.69) is 4.74 Å². The first-order chi connectivity index (χ1) is 5.64. The third-order valence-electron chi connectivity index (χ3n) is 0.984. The van der Waals surface area contributed by atoms with Crippen LogP contribution in [0.25, 0.3) is 0 Å². The minimum atomic E-state index is -5.28. The van der Waals surface area contributed by atoms with Crippen molar-refractivity contribution >= 4 is 35.0 Å². The number of carbonyl (C=O) groups excluding carboxylic acids is 2. The molecule has 0 spiro atoms. The first-order valence-corrected chi connectivity index (χ1v) is 3.47. The number of methoxy groups -OCH3 is 1. The summed E-state index contributed by atoms with van der Waals surface area (Å²) in [5.74, 6) is -4.24. The molecule has 0 aromatic carbocycles. The second-order valence-electron chi connectivity index (χ2n) is 1.89. The summed E-state index contributed by atoms with van der Waals surface area (Å²) in [6.07, 6.45) is -5.28. The van der Waals surface area contributed by atoms with Crippen LogP contribution in [-0.4, -0.2) is 29.4 Å². The van der Waals surface area contributed by atoms with Gasteiger partial charge in [0.1, 0.15) is 0 Å². The zero-order valence-electron chi connectivity index (χ0n) is 6.11. The van der Waals surface area contributed by atoms with E-state index in [4.69, 9.17) is 23.2 Å². The van der Waals surface area contributed by atoms with Gasteiger partial charge in [-0.15, -0.1) is 0 Å². The Balaban J connectivity index is 4.85. The number of hydrogen-bond donors (Lipinski definition) is 0. The number of ketones is 1. The largest absolute Gasteiger partial charge is 0.466 e. The van der Waals surface area contributed by atoms with E-state index < -0.39 is 22.3 Å². The molecular formula is C5H3Cl2F3O3. The van der Waals surface area contributed by atoms with Crippen molar-refractivity contribution in [3.63, 3.8) is 0 Å². The Morgan fingerprint density at radius 3 is 1.85 bits per heavy atom. The van der Waals surface area contributed by atoms with Gasteiger partial charge in [0.25, 0.3) is 10.1 Å². The predicted octanol–water partition coefficient (Wildman–Crippen LogP) is 1.46. The Morgan fingerprint density at radius 2 is 1.62 bits per heavy atom. The number of rotatable bonds is 2. The SMILES string of the molecule is COC(=O)C(Cl)(Cl)C(=O)C(F)(F)F. The van der Waals surface area contributed by atoms with Gasteiger partial charge in [0.2, 0.25) is 0 Å². The van der Waals surface area contributed by atoms with Crippen molar-refractivity contribution in [2.24, 2.45) is 0 Å². The van der Waals surface area contributed by atoms with E-state index in [0.29, 0.717) is 0 Å². The van der Waals surface area contributed by atoms with E-state index in [0.717, 1.165) is 7.11 Å². The van der Waals surface area contributed by atoms with E-state index in [1.807, 2.05) is 0 Å². The maximum atomic E-state index is 11.7. The van der Waals surface area contributed by atoms with Crippen molar-refractivity contribution in [3.05, 3.63) is 0 Å². The fraction of sp³-hybridized carbons (Fsp3) is 0.600. The molecule has 0 fully saturated rings. The molecule has 0 aromatic rings. The highest BCUT2D eigenvalue weighted by molar-refractivity contribution is 6.67. The van der Waals surface area contributed by atoms with Gasteiger partial charge in [-0.25, -0.2) is 4.79 Å². The lowest BCUT2D eigenvalue weighted by Crippen LogP contribution is -2.44. The van der Waals surface area contributed by atoms with Crippen LogP contribution in [0.5, 0.6) is 0 Å². The Kier molecular flexibility index (Phi) is 3.57. The van der Waals surface area contributed by atoms with Crippen LogP contribution in [0.15, 0.2) is 0 Å². The van der Waals surface area contributed by atoms with E-state index in [1.54, 1.807) is 0 Å². The number of ether oxygens (including phenoxy) is 1. The average Bonchev–Trinajstić information content (AvgIpc) is 1.99. The molecular weight excluding hydrogens is 236 g/mol. The molecule has 8 heteroatoms. The van der Waals surface area contributed by atoms with Crippen molar-refractivity contribution in [2.75, 3.05) is 7.11 Å². The highest BCUT2D eigenvalue weighted by Gasteiger charge is 2.56. The van der Waals surface area contributed by atoms with Crippen molar-refractivity contribution in [1.29, 1.82) is 0 Å². The molecule has 0 saturated carbocycles. The second-order valence-corrected chi connectivity index (χ2v) is 3.22. The molecule has 0 bridgehead atoms. The normalized spacial score (nSPS) is 12.5. The molecule has 0 saturated heterocycles. The van der Waals surface area contributed by atoms with Gasteiger partial charge in [-0.1, -0.05) is 23.2 Å². The molecule has 3 nitrogen and oxygen atoms in total. The van der Waals surface area contributed by atoms with Crippen LogP contribution in [0.3, 0.4) is 0 Å². The molecule has 0 aromatic heterocycles. The highest BCUT2D eigenvalue weighted by Crippen LogP contribution is 2.32. The van der Waals surface area contributed by atoms with Crippen LogP contribution in [0.2, 0.25) is 0 Å². The Morgan fingerprint density at radius 1 is 1.23 bits per heavy atom. The van der Waals surface area contributed by atoms with Gasteiger partial charge in [0.15, 0.2) is 0 Å². The standard InChI is InChI=1S/C5H3Cl2F3O3/c1-13-3(12)4(6,7)2(11)5(8,9)10/h1H3. The second kappa shape index (κ2) is 3.71. The molecule has 0 atom stereocenters. The smallest absolute Gasteiger partial charge is 0.453 e. The summed E-state index contributed by atoms with van der Waals surface area (Å²) in [5.41, 5.74) is 0. The highest BCUT2D eigenvalue weighted by atomic mass is 35.5. The summed E-state index contributed by atoms with van der Waals surface area (Å²) in [7, 11) is 0.755. The van der Waals surface area contributed by atoms with Crippen molar-refractivity contribution < 1.29 is 27.5 Å². The molecule has 0 N–H and O–H groups in total. The summed E-state index contributed by atoms with van der Waals surface area (Å²) in [6, 6.07) is 0. The maximum Gasteiger partial charge on any atom is 0.453 e. The lowest BCUT2D eigenvalue weighted by atomic mass is 10.2. The van der Waals surface area contributed by atoms with E-state index in [-0.39, 0.29) is 0 Å². The Labute approximate surface area is 80.7 Å². The molecule has 0 rings (SSSR count). The summed E-state index contributed by atoms with van der Waals surface area (Å²) in [6.45, 7) is 0. The topological polar surface area (TPSA) is 43.4 Å². The first-order valence-electron chi connectivity index (χ1n) is 2.72. The van der Waals surface area contributed by atoms with Gasteiger partial charge in [-0.05, 0) is 0 Å². The van der Waals surface area contributed by atoms with Gasteiger partial charge < -0.3 is 4.74 Å². The number of Topliss-reactive ketones (excluding diaryl/α,β-unsaturated/α-hetero) is 1. The van der Waals surface area contributed by atoms with Crippen LogP contribution in [0.4, 0.5) is 13.2 Å². The van der Waals surface area contributed by atoms with Gasteiger partial charge >= 0.3 is 12.1 Å². The molecule has 76 valence electrons. The zero-order valence-corrected chi connectivity index (χ0v) is 7.63. The van der Waals surface area contributed by atoms with Crippen molar-refractivity contribution in [1.82, 2.24) is 0 Å². The monoisotopic (exact) mass is 238 g/mol. The quantitative estimate of drug-likeness (QED) is 0.416. The van der Waals surface area contributed by atoms with Gasteiger partial charge in [0.05, 0.1) is 7.11 Å². The molecule has 0 aliphatic carbocycles. The van der Waals surface area contributed by atoms with Crippen LogP contribution in [-0.2, 0) is 14.3 Å². The number of hydrogen-bond acceptors (Lipinski definition) is 3. The minimum Gasteiger partial charge on any atom is -0.466 e. The molecule has 0 heterocycles. The predicted molar refractivity (Wildman–Crippen MR) is 37.5 cm³/mol. The van der Waals surface area contributed by atoms with Crippen LogP contribution in [0, 0.1) is 0 Å². The first kappa shape index (κ1) is 12.5. The number of carbonyl (C=O) groups is 2. The zero-order chi connectivity index (χ0) is 10.9.